The second-order valence-electron chi connectivity index (χ2n) is 0. The quantitative estimate of drug-likeness (QED) is 0.296. The van der Waals surface area contributed by atoms with Gasteiger partial charge in [0, 0.05) is 0 Å². The molecular weight excluding hydrogens is 584 g/mol. The summed E-state index contributed by atoms with van der Waals surface area (Å²) in [5, 5.41) is 0. The molecule has 0 amide bonds. The van der Waals surface area contributed by atoms with Crippen LogP contribution in [0.2, 0.25) is 0 Å². The van der Waals surface area contributed by atoms with Gasteiger partial charge in [-0.1, -0.05) is 0 Å². The molecule has 0 atom stereocenters. The molecule has 0 saturated carbocycles. The third-order valence-corrected chi connectivity index (χ3v) is 0. The van der Waals surface area contributed by atoms with Crippen molar-refractivity contribution in [3.05, 3.63) is 0 Å². The molecule has 13 heteroatoms. The van der Waals surface area contributed by atoms with Gasteiger partial charge in [-0.05, 0) is 0 Å². The van der Waals surface area contributed by atoms with Crippen LogP contribution in [0.4, 0.5) is 0 Å². The summed E-state index contributed by atoms with van der Waals surface area (Å²) in [6.07, 6.45) is 0. The van der Waals surface area contributed by atoms with E-state index in [1.54, 1.807) is 0 Å². The van der Waals surface area contributed by atoms with Gasteiger partial charge in [0.25, 0.3) is 0 Å². The minimum absolute atomic E-state index is 0. The van der Waals surface area contributed by atoms with E-state index in [1.807, 2.05) is 0 Å². The van der Waals surface area contributed by atoms with Crippen LogP contribution in [-0.4, -0.2) is 75.5 Å². The van der Waals surface area contributed by atoms with E-state index in [4.69, 9.17) is 0 Å². The van der Waals surface area contributed by atoms with Gasteiger partial charge in [-0.15, -0.1) is 0 Å². The van der Waals surface area contributed by atoms with Gasteiger partial charge in [0.1, 0.15) is 0 Å². The van der Waals surface area contributed by atoms with Crippen LogP contribution in [0.1, 0.15) is 0 Å². The molecule has 0 aromatic heterocycles. The predicted molar refractivity (Wildman–Crippen MR) is 16.3 cm³/mol. The van der Waals surface area contributed by atoms with Crippen LogP contribution in [-0.2, 0) is 72.5 Å². The van der Waals surface area contributed by atoms with Gasteiger partial charge < -0.3 is 38.3 Å². The molecule has 66 valence electrons. The second kappa shape index (κ2) is 144. The number of hydrogen-bond donors (Lipinski definition) is 0. The Kier molecular flexibility index (Phi) is 1900. The van der Waals surface area contributed by atoms with Crippen LogP contribution in [0.15, 0.2) is 0 Å². The molecule has 0 unspecified atom stereocenters. The van der Waals surface area contributed by atoms with Crippen molar-refractivity contribution < 1.29 is 155 Å². The Morgan fingerprint density at radius 2 is 0.308 bits per heavy atom. The Balaban J connectivity index is 0. The maximum atomic E-state index is 0. The first-order valence-electron chi connectivity index (χ1n) is 0. The Morgan fingerprint density at radius 1 is 0.308 bits per heavy atom. The van der Waals surface area contributed by atoms with E-state index in [0.29, 0.717) is 0 Å². The van der Waals surface area contributed by atoms with E-state index >= 15 is 0 Å². The Morgan fingerprint density at radius 3 is 0.308 bits per heavy atom. The van der Waals surface area contributed by atoms with Gasteiger partial charge in [0.2, 0.25) is 0 Å². The molecule has 0 aromatic carbocycles. The Hall–Kier alpha value is 6.01. The monoisotopic (exact) mass is 584 g/mol. The fraction of sp³-hybridized carbons (Fsp3) is 0. The zero-order chi connectivity index (χ0) is 0. The summed E-state index contributed by atoms with van der Waals surface area (Å²) >= 11 is 0. The van der Waals surface area contributed by atoms with E-state index in [-0.39, 0.29) is 231 Å². The van der Waals surface area contributed by atoms with Crippen LogP contribution < -0.4 is 0 Å². The molecule has 0 aromatic rings. The van der Waals surface area contributed by atoms with Crippen molar-refractivity contribution in [3.8, 4) is 0 Å². The molecule has 0 saturated heterocycles. The summed E-state index contributed by atoms with van der Waals surface area (Å²) in [7, 11) is 0. The van der Waals surface area contributed by atoms with E-state index in [2.05, 4.69) is 0 Å². The van der Waals surface area contributed by atoms with E-state index in [1.165, 1.54) is 0 Å². The predicted octanol–water partition coefficient (Wildman–Crippen LogP) is -1.60. The maximum Gasteiger partial charge on any atom is 3.00 e. The minimum Gasteiger partial charge on any atom is -2.00 e. The van der Waals surface area contributed by atoms with Crippen LogP contribution in [0.5, 0.6) is 0 Å². The molecule has 7 nitrogen and oxygen atoms in total. The fourth-order valence-corrected chi connectivity index (χ4v) is 0. The van der Waals surface area contributed by atoms with Gasteiger partial charge in [-0.2, -0.15) is 0 Å². The summed E-state index contributed by atoms with van der Waals surface area (Å²) in [6, 6.07) is 0. The number of rotatable bonds is 0. The summed E-state index contributed by atoms with van der Waals surface area (Å²) in [5.41, 5.74) is 0. The topological polar surface area (TPSA) is 200 Å². The number of hydrogen-bond acceptors (Lipinski definition) is 0. The molecule has 0 spiro atoms. The van der Waals surface area contributed by atoms with Crippen LogP contribution in [0.25, 0.3) is 0 Å². The molecular formula is Ca2Mn2O7Pr2. The van der Waals surface area contributed by atoms with Gasteiger partial charge in [-0.3, -0.25) is 0 Å². The van der Waals surface area contributed by atoms with Crippen molar-refractivity contribution in [1.82, 2.24) is 0 Å². The minimum atomic E-state index is 0. The summed E-state index contributed by atoms with van der Waals surface area (Å²) in [5.74, 6) is 0. The van der Waals surface area contributed by atoms with Gasteiger partial charge in [0.05, 0.1) is 0 Å². The van der Waals surface area contributed by atoms with E-state index in [0.717, 1.165) is 0 Å². The molecule has 0 aliphatic carbocycles. The average molecular weight is 584 g/mol. The van der Waals surface area contributed by atoms with E-state index < -0.39 is 0 Å². The van der Waals surface area contributed by atoms with Crippen molar-refractivity contribution in [2.45, 2.75) is 0 Å². The summed E-state index contributed by atoms with van der Waals surface area (Å²) in [6.45, 7) is 0. The second-order valence-corrected chi connectivity index (χ2v) is 0. The molecule has 0 heterocycles. The first-order chi connectivity index (χ1) is 0. The summed E-state index contributed by atoms with van der Waals surface area (Å²) in [4.78, 5) is 0. The van der Waals surface area contributed by atoms with Gasteiger partial charge in [-0.25, -0.2) is 0 Å². The third kappa shape index (κ3) is 128. The SMILES string of the molecule is [Ca+2].[Ca+2].[Mn+2].[Mn+2].[O-2].[O-2].[O-2].[O-2].[O-2].[O-2].[O-2].[Pr+3].[Pr+3]. The van der Waals surface area contributed by atoms with Crippen LogP contribution >= 0.6 is 0 Å². The molecule has 0 aliphatic rings. The molecule has 0 N–H and O–H groups in total. The van der Waals surface area contributed by atoms with Gasteiger partial charge >= 0.3 is 192 Å². The largest absolute Gasteiger partial charge is 3.00 e. The zero-order valence-corrected chi connectivity index (χ0v) is 20.4. The van der Waals surface area contributed by atoms with E-state index in [9.17, 15) is 0 Å². The molecule has 13 heavy (non-hydrogen) atoms. The van der Waals surface area contributed by atoms with Crippen molar-refractivity contribution in [3.63, 3.8) is 0 Å². The molecule has 0 bridgehead atoms. The third-order valence-electron chi connectivity index (χ3n) is 0. The molecule has 2 radical (unpaired) electrons. The molecule has 0 rings (SSSR count). The standard InChI is InChI=1S/2Ca.2Mn.7O.2Pr/q4*+2;7*-2;2*+3. The Labute approximate surface area is 224 Å². The van der Waals surface area contributed by atoms with Crippen molar-refractivity contribution in [1.29, 1.82) is 0 Å². The average Bonchev–Trinajstić information content (AvgIpc) is 0. The zero-order valence-electron chi connectivity index (χ0n) is 6.18. The van der Waals surface area contributed by atoms with Crippen LogP contribution in [0, 0.1) is 82.6 Å². The fourth-order valence-electron chi connectivity index (χ4n) is 0. The molecule has 0 aliphatic heterocycles. The smallest absolute Gasteiger partial charge is 2.00 e. The summed E-state index contributed by atoms with van der Waals surface area (Å²) < 4.78 is 0. The Bertz CT molecular complexity index is 22.5. The van der Waals surface area contributed by atoms with Crippen LogP contribution in [0.3, 0.4) is 0 Å². The normalized spacial score (nSPS) is 0. The van der Waals surface area contributed by atoms with Crippen molar-refractivity contribution in [2.24, 2.45) is 0 Å². The first kappa shape index (κ1) is 171. The van der Waals surface area contributed by atoms with Crippen molar-refractivity contribution in [2.75, 3.05) is 0 Å². The molecule has 0 fully saturated rings. The first-order valence-corrected chi connectivity index (χ1v) is 0. The maximum absolute atomic E-state index is 0. The van der Waals surface area contributed by atoms with Gasteiger partial charge in [0.15, 0.2) is 0 Å². The van der Waals surface area contributed by atoms with Crippen molar-refractivity contribution >= 4 is 75.5 Å².